The minimum absolute atomic E-state index is 0.222. The largest absolute Gasteiger partial charge is 0.360 e. The van der Waals surface area contributed by atoms with Crippen LogP contribution < -0.4 is 11.0 Å². The smallest absolute Gasteiger partial charge is 0.310 e. The quantitative estimate of drug-likeness (QED) is 0.938. The fourth-order valence-corrected chi connectivity index (χ4v) is 3.30. The van der Waals surface area contributed by atoms with Gasteiger partial charge in [-0.3, -0.25) is 4.99 Å². The number of aliphatic imine (C=N–C) groups is 1. The summed E-state index contributed by atoms with van der Waals surface area (Å²) < 4.78 is 1.64. The summed E-state index contributed by atoms with van der Waals surface area (Å²) in [7, 11) is 0. The van der Waals surface area contributed by atoms with E-state index < -0.39 is 0 Å². The molecule has 2 aromatic rings. The van der Waals surface area contributed by atoms with Crippen molar-refractivity contribution in [2.24, 2.45) is 4.99 Å². The van der Waals surface area contributed by atoms with Gasteiger partial charge in [-0.1, -0.05) is 42.1 Å². The molecule has 19 heavy (non-hydrogen) atoms. The molecule has 0 amide bonds. The predicted molar refractivity (Wildman–Crippen MR) is 80.3 cm³/mol. The molecule has 0 fully saturated rings. The minimum atomic E-state index is -0.222. The molecule has 0 saturated heterocycles. The molecule has 7 heteroatoms. The summed E-state index contributed by atoms with van der Waals surface area (Å²) in [6.07, 6.45) is 0. The molecule has 0 saturated carbocycles. The Morgan fingerprint density at radius 2 is 2.16 bits per heavy atom. The summed E-state index contributed by atoms with van der Waals surface area (Å²) in [6.45, 7) is 1.38. The third kappa shape index (κ3) is 3.05. The van der Waals surface area contributed by atoms with Gasteiger partial charge in [-0.15, -0.1) is 0 Å². The zero-order valence-electron chi connectivity index (χ0n) is 10.1. The van der Waals surface area contributed by atoms with E-state index >= 15 is 0 Å². The van der Waals surface area contributed by atoms with Crippen LogP contribution in [0.25, 0.3) is 0 Å². The third-order valence-corrected chi connectivity index (χ3v) is 4.34. The SMILES string of the molecule is O=c1nc(NC2=NCCS2)sn1Cc1ccccc1. The molecular weight excluding hydrogens is 280 g/mol. The normalized spacial score (nSPS) is 14.4. The first-order chi connectivity index (χ1) is 9.31. The summed E-state index contributed by atoms with van der Waals surface area (Å²) in [5.74, 6) is 0.988. The Hall–Kier alpha value is -1.60. The Morgan fingerprint density at radius 3 is 2.89 bits per heavy atom. The molecule has 1 aromatic carbocycles. The minimum Gasteiger partial charge on any atom is -0.310 e. The lowest BCUT2D eigenvalue weighted by Crippen LogP contribution is -2.15. The first-order valence-corrected chi connectivity index (χ1v) is 7.63. The number of amidine groups is 1. The molecule has 1 aliphatic rings. The van der Waals surface area contributed by atoms with Crippen molar-refractivity contribution >= 4 is 33.6 Å². The number of thioether (sulfide) groups is 1. The Balaban J connectivity index is 1.76. The number of benzene rings is 1. The average molecular weight is 292 g/mol. The summed E-state index contributed by atoms with van der Waals surface area (Å²) in [5, 5.41) is 4.54. The van der Waals surface area contributed by atoms with E-state index in [4.69, 9.17) is 0 Å². The van der Waals surface area contributed by atoms with Crippen LogP contribution in [0.2, 0.25) is 0 Å². The van der Waals surface area contributed by atoms with Crippen molar-refractivity contribution in [1.82, 2.24) is 8.94 Å². The molecule has 0 spiro atoms. The standard InChI is InChI=1S/C12H12N4OS2/c17-12-15-11(14-10-13-6-7-18-10)19-16(12)8-9-4-2-1-3-5-9/h1-5H,6-8H2,(H,13,14,15,17). The molecule has 1 aliphatic heterocycles. The van der Waals surface area contributed by atoms with Gasteiger partial charge in [0.2, 0.25) is 5.13 Å². The molecule has 0 bridgehead atoms. The molecule has 0 unspecified atom stereocenters. The monoisotopic (exact) mass is 292 g/mol. The third-order valence-electron chi connectivity index (χ3n) is 2.58. The van der Waals surface area contributed by atoms with Gasteiger partial charge in [0, 0.05) is 5.75 Å². The second kappa shape index (κ2) is 5.58. The Morgan fingerprint density at radius 1 is 1.32 bits per heavy atom. The molecule has 1 aromatic heterocycles. The average Bonchev–Trinajstić information content (AvgIpc) is 3.02. The molecule has 98 valence electrons. The maximum absolute atomic E-state index is 11.8. The Labute approximate surface area is 118 Å². The molecule has 5 nitrogen and oxygen atoms in total. The first-order valence-electron chi connectivity index (χ1n) is 5.87. The van der Waals surface area contributed by atoms with Crippen molar-refractivity contribution in [1.29, 1.82) is 0 Å². The van der Waals surface area contributed by atoms with Crippen LogP contribution in [0.3, 0.4) is 0 Å². The summed E-state index contributed by atoms with van der Waals surface area (Å²) in [6, 6.07) is 9.88. The highest BCUT2D eigenvalue weighted by Crippen LogP contribution is 2.17. The maximum Gasteiger partial charge on any atom is 0.360 e. The highest BCUT2D eigenvalue weighted by Gasteiger charge is 2.11. The molecule has 1 N–H and O–H groups in total. The van der Waals surface area contributed by atoms with E-state index in [1.54, 1.807) is 15.7 Å². The van der Waals surface area contributed by atoms with Crippen molar-refractivity contribution < 1.29 is 0 Å². The van der Waals surface area contributed by atoms with E-state index in [0.29, 0.717) is 11.7 Å². The van der Waals surface area contributed by atoms with Gasteiger partial charge in [0.15, 0.2) is 5.17 Å². The van der Waals surface area contributed by atoms with Crippen LogP contribution >= 0.6 is 23.3 Å². The molecular formula is C12H12N4OS2. The van der Waals surface area contributed by atoms with Crippen molar-refractivity contribution in [2.75, 3.05) is 17.6 Å². The number of anilines is 1. The van der Waals surface area contributed by atoms with Gasteiger partial charge < -0.3 is 5.32 Å². The highest BCUT2D eigenvalue weighted by atomic mass is 32.2. The lowest BCUT2D eigenvalue weighted by atomic mass is 10.2. The number of hydrogen-bond acceptors (Lipinski definition) is 6. The lowest BCUT2D eigenvalue weighted by molar-refractivity contribution is 0.823. The molecule has 0 atom stereocenters. The number of rotatable bonds is 3. The first kappa shape index (κ1) is 12.4. The van der Waals surface area contributed by atoms with E-state index in [9.17, 15) is 4.79 Å². The second-order valence-electron chi connectivity index (χ2n) is 3.97. The van der Waals surface area contributed by atoms with Crippen LogP contribution in [0.15, 0.2) is 40.1 Å². The van der Waals surface area contributed by atoms with Gasteiger partial charge in [0.1, 0.15) is 0 Å². The predicted octanol–water partition coefficient (Wildman–Crippen LogP) is 1.87. The molecule has 2 heterocycles. The Kier molecular flexibility index (Phi) is 3.65. The fourth-order valence-electron chi connectivity index (χ4n) is 1.71. The van der Waals surface area contributed by atoms with Crippen LogP contribution in [0.1, 0.15) is 5.56 Å². The van der Waals surface area contributed by atoms with Crippen LogP contribution in [-0.4, -0.2) is 26.4 Å². The van der Waals surface area contributed by atoms with Crippen molar-refractivity contribution in [2.45, 2.75) is 6.54 Å². The van der Waals surface area contributed by atoms with Crippen LogP contribution in [0, 0.1) is 0 Å². The summed E-state index contributed by atoms with van der Waals surface area (Å²) in [5.41, 5.74) is 0.868. The van der Waals surface area contributed by atoms with Crippen molar-refractivity contribution in [3.05, 3.63) is 46.4 Å². The van der Waals surface area contributed by atoms with Gasteiger partial charge in [0.05, 0.1) is 13.1 Å². The van der Waals surface area contributed by atoms with Crippen molar-refractivity contribution in [3.63, 3.8) is 0 Å². The molecule has 0 aliphatic carbocycles. The van der Waals surface area contributed by atoms with E-state index in [-0.39, 0.29) is 5.69 Å². The number of aromatic nitrogens is 2. The van der Waals surface area contributed by atoms with E-state index in [1.807, 2.05) is 30.3 Å². The number of nitrogens with zero attached hydrogens (tertiary/aromatic N) is 3. The molecule has 3 rings (SSSR count). The highest BCUT2D eigenvalue weighted by molar-refractivity contribution is 8.14. The van der Waals surface area contributed by atoms with Gasteiger partial charge in [-0.2, -0.15) is 4.98 Å². The van der Waals surface area contributed by atoms with E-state index in [2.05, 4.69) is 15.3 Å². The van der Waals surface area contributed by atoms with E-state index in [0.717, 1.165) is 23.0 Å². The zero-order chi connectivity index (χ0) is 13.1. The summed E-state index contributed by atoms with van der Waals surface area (Å²) in [4.78, 5) is 20.1. The van der Waals surface area contributed by atoms with Crippen LogP contribution in [0.4, 0.5) is 5.13 Å². The fraction of sp³-hybridized carbons (Fsp3) is 0.250. The lowest BCUT2D eigenvalue weighted by Gasteiger charge is -2.00. The Bertz CT molecular complexity index is 647. The topological polar surface area (TPSA) is 59.3 Å². The second-order valence-corrected chi connectivity index (χ2v) is 6.07. The van der Waals surface area contributed by atoms with Gasteiger partial charge >= 0.3 is 5.69 Å². The van der Waals surface area contributed by atoms with Crippen LogP contribution in [0.5, 0.6) is 0 Å². The molecule has 0 radical (unpaired) electrons. The summed E-state index contributed by atoms with van der Waals surface area (Å²) >= 11 is 2.98. The van der Waals surface area contributed by atoms with Crippen LogP contribution in [-0.2, 0) is 6.54 Å². The number of nitrogens with one attached hydrogen (secondary N) is 1. The maximum atomic E-state index is 11.8. The van der Waals surface area contributed by atoms with Gasteiger partial charge in [-0.25, -0.2) is 8.75 Å². The zero-order valence-corrected chi connectivity index (χ0v) is 11.7. The van der Waals surface area contributed by atoms with Gasteiger partial charge in [0.25, 0.3) is 0 Å². The van der Waals surface area contributed by atoms with Crippen molar-refractivity contribution in [3.8, 4) is 0 Å². The number of hydrogen-bond donors (Lipinski definition) is 1. The van der Waals surface area contributed by atoms with E-state index in [1.165, 1.54) is 11.5 Å². The van der Waals surface area contributed by atoms with Gasteiger partial charge in [-0.05, 0) is 17.1 Å².